The second kappa shape index (κ2) is 6.04. The molecule has 1 aromatic carbocycles. The Kier molecular flexibility index (Phi) is 4.58. The summed E-state index contributed by atoms with van der Waals surface area (Å²) in [6, 6.07) is 5.06. The van der Waals surface area contributed by atoms with Crippen molar-refractivity contribution in [2.45, 2.75) is 45.5 Å². The van der Waals surface area contributed by atoms with E-state index >= 15 is 0 Å². The van der Waals surface area contributed by atoms with Gasteiger partial charge in [0, 0.05) is 31.4 Å². The second-order valence-corrected chi connectivity index (χ2v) is 5.17. The van der Waals surface area contributed by atoms with Crippen LogP contribution in [-0.2, 0) is 12.7 Å². The first-order valence-corrected chi connectivity index (χ1v) is 7.14. The third-order valence-corrected chi connectivity index (χ3v) is 3.69. The summed E-state index contributed by atoms with van der Waals surface area (Å²) in [4.78, 5) is 1.92. The van der Waals surface area contributed by atoms with Gasteiger partial charge in [0.25, 0.3) is 0 Å². The standard InChI is InChI=1S/C15H21F3N2/c1-3-20(4-2)13-8-5-11(10-19-12-6-7-12)14(9-13)15(16,17)18/h5,8-9,12,19H,3-4,6-7,10H2,1-2H3. The lowest BCUT2D eigenvalue weighted by Gasteiger charge is -2.23. The average Bonchev–Trinajstić information content (AvgIpc) is 3.21. The molecule has 0 spiro atoms. The van der Waals surface area contributed by atoms with Crippen LogP contribution in [0.1, 0.15) is 37.8 Å². The molecule has 1 aliphatic rings. The number of alkyl halides is 3. The summed E-state index contributed by atoms with van der Waals surface area (Å²) in [7, 11) is 0. The number of benzene rings is 1. The predicted molar refractivity (Wildman–Crippen MR) is 74.9 cm³/mol. The first kappa shape index (κ1) is 15.2. The molecule has 112 valence electrons. The average molecular weight is 286 g/mol. The van der Waals surface area contributed by atoms with Gasteiger partial charge in [-0.3, -0.25) is 0 Å². The van der Waals surface area contributed by atoms with Crippen LogP contribution in [0.15, 0.2) is 18.2 Å². The number of anilines is 1. The molecule has 1 fully saturated rings. The molecule has 0 aromatic heterocycles. The minimum absolute atomic E-state index is 0.290. The quantitative estimate of drug-likeness (QED) is 0.855. The van der Waals surface area contributed by atoms with Crippen LogP contribution in [0.2, 0.25) is 0 Å². The normalized spacial score (nSPS) is 15.4. The van der Waals surface area contributed by atoms with Crippen molar-refractivity contribution in [1.29, 1.82) is 0 Å². The van der Waals surface area contributed by atoms with Crippen LogP contribution in [0, 0.1) is 0 Å². The Bertz CT molecular complexity index is 449. The Hall–Kier alpha value is -1.23. The Balaban J connectivity index is 2.26. The van der Waals surface area contributed by atoms with Gasteiger partial charge in [-0.15, -0.1) is 0 Å². The molecular formula is C15H21F3N2. The summed E-state index contributed by atoms with van der Waals surface area (Å²) in [5, 5.41) is 3.15. The molecule has 20 heavy (non-hydrogen) atoms. The van der Waals surface area contributed by atoms with E-state index in [2.05, 4.69) is 5.32 Å². The maximum absolute atomic E-state index is 13.2. The highest BCUT2D eigenvalue weighted by atomic mass is 19.4. The molecule has 0 radical (unpaired) electrons. The van der Waals surface area contributed by atoms with E-state index in [9.17, 15) is 13.2 Å². The Morgan fingerprint density at radius 3 is 2.35 bits per heavy atom. The van der Waals surface area contributed by atoms with Gasteiger partial charge in [-0.2, -0.15) is 13.2 Å². The van der Waals surface area contributed by atoms with Crippen LogP contribution in [0.3, 0.4) is 0 Å². The summed E-state index contributed by atoms with van der Waals surface area (Å²) in [5.41, 5.74) is 0.452. The van der Waals surface area contributed by atoms with Gasteiger partial charge in [0.2, 0.25) is 0 Å². The summed E-state index contributed by atoms with van der Waals surface area (Å²) >= 11 is 0. The van der Waals surface area contributed by atoms with Gasteiger partial charge in [0.1, 0.15) is 0 Å². The van der Waals surface area contributed by atoms with Crippen LogP contribution < -0.4 is 10.2 Å². The summed E-state index contributed by atoms with van der Waals surface area (Å²) in [6.45, 7) is 5.58. The second-order valence-electron chi connectivity index (χ2n) is 5.17. The van der Waals surface area contributed by atoms with Crippen molar-refractivity contribution in [3.63, 3.8) is 0 Å². The predicted octanol–water partition coefficient (Wildman–Crippen LogP) is 3.80. The van der Waals surface area contributed by atoms with Crippen LogP contribution >= 0.6 is 0 Å². The van der Waals surface area contributed by atoms with Gasteiger partial charge in [-0.25, -0.2) is 0 Å². The van der Waals surface area contributed by atoms with E-state index in [1.54, 1.807) is 12.1 Å². The fourth-order valence-electron chi connectivity index (χ4n) is 2.31. The largest absolute Gasteiger partial charge is 0.416 e. The minimum atomic E-state index is -4.30. The number of halogens is 3. The SMILES string of the molecule is CCN(CC)c1ccc(CNC2CC2)c(C(F)(F)F)c1. The number of nitrogens with zero attached hydrogens (tertiary/aromatic N) is 1. The first-order chi connectivity index (χ1) is 9.45. The summed E-state index contributed by atoms with van der Waals surface area (Å²) < 4.78 is 39.6. The first-order valence-electron chi connectivity index (χ1n) is 7.14. The monoisotopic (exact) mass is 286 g/mol. The van der Waals surface area contributed by atoms with Crippen molar-refractivity contribution in [3.8, 4) is 0 Å². The molecule has 1 aliphatic carbocycles. The molecule has 0 unspecified atom stereocenters. The molecule has 2 rings (SSSR count). The number of hydrogen-bond donors (Lipinski definition) is 1. The highest BCUT2D eigenvalue weighted by molar-refractivity contribution is 5.52. The zero-order chi connectivity index (χ0) is 14.8. The van der Waals surface area contributed by atoms with Crippen molar-refractivity contribution in [1.82, 2.24) is 5.32 Å². The van der Waals surface area contributed by atoms with Gasteiger partial charge < -0.3 is 10.2 Å². The molecule has 0 atom stereocenters. The highest BCUT2D eigenvalue weighted by Crippen LogP contribution is 2.35. The molecular weight excluding hydrogens is 265 g/mol. The van der Waals surface area contributed by atoms with Crippen LogP contribution in [0.25, 0.3) is 0 Å². The van der Waals surface area contributed by atoms with E-state index in [4.69, 9.17) is 0 Å². The lowest BCUT2D eigenvalue weighted by Crippen LogP contribution is -2.24. The van der Waals surface area contributed by atoms with Crippen molar-refractivity contribution < 1.29 is 13.2 Å². The summed E-state index contributed by atoms with van der Waals surface area (Å²) in [6.07, 6.45) is -2.17. The van der Waals surface area contributed by atoms with Crippen molar-refractivity contribution in [3.05, 3.63) is 29.3 Å². The van der Waals surface area contributed by atoms with Gasteiger partial charge in [0.05, 0.1) is 5.56 Å². The topological polar surface area (TPSA) is 15.3 Å². The third kappa shape index (κ3) is 3.66. The molecule has 1 aromatic rings. The van der Waals surface area contributed by atoms with Crippen LogP contribution in [0.4, 0.5) is 18.9 Å². The highest BCUT2D eigenvalue weighted by Gasteiger charge is 2.34. The molecule has 5 heteroatoms. The smallest absolute Gasteiger partial charge is 0.372 e. The van der Waals surface area contributed by atoms with Crippen LogP contribution in [-0.4, -0.2) is 19.1 Å². The zero-order valence-electron chi connectivity index (χ0n) is 11.9. The molecule has 1 saturated carbocycles. The van der Waals surface area contributed by atoms with Gasteiger partial charge in [0.15, 0.2) is 0 Å². The fourth-order valence-corrected chi connectivity index (χ4v) is 2.31. The van der Waals surface area contributed by atoms with E-state index in [0.29, 0.717) is 30.4 Å². The maximum atomic E-state index is 13.2. The lowest BCUT2D eigenvalue weighted by atomic mass is 10.1. The Labute approximate surface area is 118 Å². The molecule has 0 bridgehead atoms. The third-order valence-electron chi connectivity index (χ3n) is 3.69. The van der Waals surface area contributed by atoms with E-state index in [1.807, 2.05) is 18.7 Å². The molecule has 0 heterocycles. The zero-order valence-corrected chi connectivity index (χ0v) is 11.9. The fraction of sp³-hybridized carbons (Fsp3) is 0.600. The number of hydrogen-bond acceptors (Lipinski definition) is 2. The molecule has 2 nitrogen and oxygen atoms in total. The van der Waals surface area contributed by atoms with Crippen molar-refractivity contribution in [2.75, 3.05) is 18.0 Å². The van der Waals surface area contributed by atoms with Gasteiger partial charge in [-0.1, -0.05) is 6.07 Å². The van der Waals surface area contributed by atoms with E-state index < -0.39 is 11.7 Å². The van der Waals surface area contributed by atoms with E-state index in [1.165, 1.54) is 6.07 Å². The molecule has 0 amide bonds. The van der Waals surface area contributed by atoms with Crippen molar-refractivity contribution >= 4 is 5.69 Å². The van der Waals surface area contributed by atoms with Crippen molar-refractivity contribution in [2.24, 2.45) is 0 Å². The van der Waals surface area contributed by atoms with E-state index in [0.717, 1.165) is 12.8 Å². The van der Waals surface area contributed by atoms with Gasteiger partial charge >= 0.3 is 6.18 Å². The Morgan fingerprint density at radius 1 is 1.20 bits per heavy atom. The number of nitrogens with one attached hydrogen (secondary N) is 1. The van der Waals surface area contributed by atoms with Crippen LogP contribution in [0.5, 0.6) is 0 Å². The summed E-state index contributed by atoms with van der Waals surface area (Å²) in [5.74, 6) is 0. The molecule has 1 N–H and O–H groups in total. The number of rotatable bonds is 6. The minimum Gasteiger partial charge on any atom is -0.372 e. The van der Waals surface area contributed by atoms with Gasteiger partial charge in [-0.05, 0) is 44.4 Å². The molecule has 0 aliphatic heterocycles. The lowest BCUT2D eigenvalue weighted by molar-refractivity contribution is -0.138. The maximum Gasteiger partial charge on any atom is 0.416 e. The van der Waals surface area contributed by atoms with E-state index in [-0.39, 0.29) is 6.54 Å². The Morgan fingerprint density at radius 2 is 1.85 bits per heavy atom. The molecule has 0 saturated heterocycles.